The van der Waals surface area contributed by atoms with Crippen LogP contribution in [-0.2, 0) is 4.74 Å². The topological polar surface area (TPSA) is 41.5 Å². The number of nitrogens with one attached hydrogen (secondary N) is 1. The molecule has 3 heteroatoms. The van der Waals surface area contributed by atoms with Crippen molar-refractivity contribution in [3.63, 3.8) is 0 Å². The van der Waals surface area contributed by atoms with Gasteiger partial charge in [0.05, 0.1) is 0 Å². The predicted octanol–water partition coefficient (Wildman–Crippen LogP) is 0.775. The Labute approximate surface area is 85.8 Å². The fourth-order valence-electron chi connectivity index (χ4n) is 2.91. The Kier molecular flexibility index (Phi) is 3.42. The van der Waals surface area contributed by atoms with E-state index in [9.17, 15) is 5.11 Å². The number of hydrogen-bond acceptors (Lipinski definition) is 3. The molecule has 0 aliphatic carbocycles. The lowest BCUT2D eigenvalue weighted by Crippen LogP contribution is -2.44. The maximum absolute atomic E-state index is 9.62. The second-order valence-corrected chi connectivity index (χ2v) is 4.66. The van der Waals surface area contributed by atoms with Crippen molar-refractivity contribution in [1.82, 2.24) is 5.32 Å². The Hall–Kier alpha value is -0.120. The van der Waals surface area contributed by atoms with Gasteiger partial charge in [-0.15, -0.1) is 0 Å². The van der Waals surface area contributed by atoms with Crippen molar-refractivity contribution in [3.8, 4) is 0 Å². The molecular weight excluding hydrogens is 178 g/mol. The largest absolute Gasteiger partial charge is 0.396 e. The number of piperidine rings is 1. The van der Waals surface area contributed by atoms with E-state index in [2.05, 4.69) is 5.32 Å². The van der Waals surface area contributed by atoms with Gasteiger partial charge in [-0.25, -0.2) is 0 Å². The molecule has 0 aromatic carbocycles. The predicted molar refractivity (Wildman–Crippen MR) is 55.2 cm³/mol. The lowest BCUT2D eigenvalue weighted by atomic mass is 9.67. The van der Waals surface area contributed by atoms with E-state index in [0.29, 0.717) is 12.5 Å². The second-order valence-electron chi connectivity index (χ2n) is 4.66. The fraction of sp³-hybridized carbons (Fsp3) is 1.00. The van der Waals surface area contributed by atoms with E-state index in [4.69, 9.17) is 4.74 Å². The van der Waals surface area contributed by atoms with E-state index < -0.39 is 0 Å². The van der Waals surface area contributed by atoms with Crippen molar-refractivity contribution >= 4 is 0 Å². The molecule has 0 amide bonds. The molecule has 0 radical (unpaired) electrons. The molecule has 2 N–H and O–H groups in total. The zero-order chi connectivity index (χ0) is 9.86. The molecular formula is C11H21NO2. The van der Waals surface area contributed by atoms with E-state index in [-0.39, 0.29) is 5.41 Å². The Bertz CT molecular complexity index is 172. The van der Waals surface area contributed by atoms with Crippen LogP contribution in [0.2, 0.25) is 0 Å². The van der Waals surface area contributed by atoms with Gasteiger partial charge < -0.3 is 15.2 Å². The van der Waals surface area contributed by atoms with Crippen LogP contribution in [0.25, 0.3) is 0 Å². The number of hydrogen-bond donors (Lipinski definition) is 2. The van der Waals surface area contributed by atoms with Crippen molar-refractivity contribution in [2.45, 2.75) is 25.7 Å². The molecule has 3 nitrogen and oxygen atoms in total. The lowest BCUT2D eigenvalue weighted by molar-refractivity contribution is -0.0575. The number of ether oxygens (including phenoxy) is 1. The van der Waals surface area contributed by atoms with Crippen LogP contribution in [-0.4, -0.2) is 38.0 Å². The molecule has 0 aromatic heterocycles. The first-order chi connectivity index (χ1) is 6.87. The summed E-state index contributed by atoms with van der Waals surface area (Å²) >= 11 is 0. The van der Waals surface area contributed by atoms with Crippen LogP contribution in [0, 0.1) is 11.3 Å². The Morgan fingerprint density at radius 1 is 1.21 bits per heavy atom. The summed E-state index contributed by atoms with van der Waals surface area (Å²) in [5.74, 6) is 0.706. The van der Waals surface area contributed by atoms with Gasteiger partial charge in [0.25, 0.3) is 0 Å². The minimum Gasteiger partial charge on any atom is -0.396 e. The van der Waals surface area contributed by atoms with Gasteiger partial charge in [0.15, 0.2) is 0 Å². The van der Waals surface area contributed by atoms with Gasteiger partial charge in [0, 0.05) is 25.2 Å². The average molecular weight is 199 g/mol. The zero-order valence-corrected chi connectivity index (χ0v) is 8.80. The van der Waals surface area contributed by atoms with E-state index in [0.717, 1.165) is 39.1 Å². The highest BCUT2D eigenvalue weighted by molar-refractivity contribution is 4.90. The minimum absolute atomic E-state index is 0.181. The summed E-state index contributed by atoms with van der Waals surface area (Å²) in [5, 5.41) is 13.0. The quantitative estimate of drug-likeness (QED) is 0.690. The molecule has 82 valence electrons. The van der Waals surface area contributed by atoms with Crippen molar-refractivity contribution in [3.05, 3.63) is 0 Å². The first-order valence-corrected chi connectivity index (χ1v) is 5.77. The standard InChI is InChI=1S/C11H21NO2/c13-9-11(3-7-14-8-4-11)10-1-5-12-6-2-10/h10,12-13H,1-9H2. The summed E-state index contributed by atoms with van der Waals surface area (Å²) in [7, 11) is 0. The van der Waals surface area contributed by atoms with Crippen LogP contribution >= 0.6 is 0 Å². The number of rotatable bonds is 2. The van der Waals surface area contributed by atoms with Crippen molar-refractivity contribution in [2.24, 2.45) is 11.3 Å². The summed E-state index contributed by atoms with van der Waals surface area (Å²) in [6.45, 7) is 4.26. The first kappa shape index (κ1) is 10.4. The third-order valence-corrected chi connectivity index (χ3v) is 4.01. The normalized spacial score (nSPS) is 28.9. The van der Waals surface area contributed by atoms with Gasteiger partial charge in [-0.3, -0.25) is 0 Å². The summed E-state index contributed by atoms with van der Waals surface area (Å²) in [5.41, 5.74) is 0.181. The van der Waals surface area contributed by atoms with Crippen LogP contribution in [0.3, 0.4) is 0 Å². The van der Waals surface area contributed by atoms with Crippen molar-refractivity contribution in [1.29, 1.82) is 0 Å². The summed E-state index contributed by atoms with van der Waals surface area (Å²) in [4.78, 5) is 0. The van der Waals surface area contributed by atoms with Crippen LogP contribution in [0.4, 0.5) is 0 Å². The fourth-order valence-corrected chi connectivity index (χ4v) is 2.91. The molecule has 0 atom stereocenters. The molecule has 2 aliphatic rings. The van der Waals surface area contributed by atoms with Crippen molar-refractivity contribution in [2.75, 3.05) is 32.9 Å². The molecule has 2 rings (SSSR count). The van der Waals surface area contributed by atoms with Gasteiger partial charge >= 0.3 is 0 Å². The van der Waals surface area contributed by atoms with Crippen LogP contribution in [0.15, 0.2) is 0 Å². The molecule has 2 saturated heterocycles. The molecule has 2 heterocycles. The molecule has 2 aliphatic heterocycles. The highest BCUT2D eigenvalue weighted by Gasteiger charge is 2.39. The zero-order valence-electron chi connectivity index (χ0n) is 8.80. The minimum atomic E-state index is 0.181. The maximum atomic E-state index is 9.62. The highest BCUT2D eigenvalue weighted by Crippen LogP contribution is 2.41. The monoisotopic (exact) mass is 199 g/mol. The Morgan fingerprint density at radius 3 is 2.43 bits per heavy atom. The van der Waals surface area contributed by atoms with Gasteiger partial charge in [0.1, 0.15) is 0 Å². The molecule has 14 heavy (non-hydrogen) atoms. The van der Waals surface area contributed by atoms with Crippen molar-refractivity contribution < 1.29 is 9.84 Å². The third kappa shape index (κ3) is 1.95. The summed E-state index contributed by atoms with van der Waals surface area (Å²) in [6.07, 6.45) is 4.55. The van der Waals surface area contributed by atoms with E-state index >= 15 is 0 Å². The third-order valence-electron chi connectivity index (χ3n) is 4.01. The van der Waals surface area contributed by atoms with Crippen LogP contribution in [0.5, 0.6) is 0 Å². The molecule has 0 aromatic rings. The molecule has 0 unspecified atom stereocenters. The molecule has 0 saturated carbocycles. The SMILES string of the molecule is OCC1(C2CCNCC2)CCOCC1. The second kappa shape index (κ2) is 4.60. The van der Waals surface area contributed by atoms with E-state index in [1.54, 1.807) is 0 Å². The smallest absolute Gasteiger partial charge is 0.0491 e. The number of aliphatic hydroxyl groups is 1. The Morgan fingerprint density at radius 2 is 1.86 bits per heavy atom. The average Bonchev–Trinajstić information content (AvgIpc) is 2.31. The maximum Gasteiger partial charge on any atom is 0.0491 e. The van der Waals surface area contributed by atoms with Gasteiger partial charge in [0.2, 0.25) is 0 Å². The van der Waals surface area contributed by atoms with Crippen LogP contribution < -0.4 is 5.32 Å². The highest BCUT2D eigenvalue weighted by atomic mass is 16.5. The molecule has 2 fully saturated rings. The first-order valence-electron chi connectivity index (χ1n) is 5.77. The summed E-state index contributed by atoms with van der Waals surface area (Å²) in [6, 6.07) is 0. The molecule has 0 bridgehead atoms. The lowest BCUT2D eigenvalue weighted by Gasteiger charge is -2.44. The van der Waals surface area contributed by atoms with E-state index in [1.807, 2.05) is 0 Å². The summed E-state index contributed by atoms with van der Waals surface area (Å²) < 4.78 is 5.39. The van der Waals surface area contributed by atoms with Crippen LogP contribution in [0.1, 0.15) is 25.7 Å². The van der Waals surface area contributed by atoms with E-state index in [1.165, 1.54) is 12.8 Å². The van der Waals surface area contributed by atoms with Gasteiger partial charge in [-0.1, -0.05) is 0 Å². The Balaban J connectivity index is 2.01. The van der Waals surface area contributed by atoms with Gasteiger partial charge in [-0.2, -0.15) is 0 Å². The molecule has 0 spiro atoms. The number of aliphatic hydroxyl groups excluding tert-OH is 1. The van der Waals surface area contributed by atoms with Gasteiger partial charge in [-0.05, 0) is 44.7 Å².